The van der Waals surface area contributed by atoms with E-state index in [1.54, 1.807) is 0 Å². The van der Waals surface area contributed by atoms with E-state index in [-0.39, 0.29) is 31.1 Å². The van der Waals surface area contributed by atoms with Gasteiger partial charge in [-0.2, -0.15) is 0 Å². The summed E-state index contributed by atoms with van der Waals surface area (Å²) in [6, 6.07) is 0. The van der Waals surface area contributed by atoms with Gasteiger partial charge in [-0.15, -0.1) is 0 Å². The van der Waals surface area contributed by atoms with Crippen LogP contribution in [0, 0.1) is 0 Å². The average molecular weight is 1110 g/mol. The SMILES string of the molecule is CCC/C=C\C/C=C\CCCCCCCC(=O)OCC(COC(=O)CCCCCCCCCCCCCCCCCCCCCCCCCCC)OC(=O)CCCCCCCCCCCCC/C=C\CCCCCCCCCC. The van der Waals surface area contributed by atoms with Crippen LogP contribution in [-0.4, -0.2) is 37.2 Å². The molecule has 0 aliphatic rings. The number of unbranched alkanes of at least 4 members (excludes halogenated alkanes) is 49. The highest BCUT2D eigenvalue weighted by Crippen LogP contribution is 2.19. The standard InChI is InChI=1S/C73H136O6/c1-4-7-10-13-16-19-22-25-27-29-31-33-35-36-38-39-41-43-45-48-51-54-57-60-63-66-72(75)78-69-70(68-77-71(74)65-62-59-56-53-50-47-24-21-18-15-12-9-6-3)79-73(76)67-64-61-58-55-52-49-46-44-42-40-37-34-32-30-28-26-23-20-17-14-11-8-5-2/h12,15,21,24,30,32,70H,4-11,13-14,16-20,22-23,25-29,31,33-69H2,1-3H3/b15-12-,24-21-,32-30-. The Morgan fingerprint density at radius 2 is 0.481 bits per heavy atom. The Kier molecular flexibility index (Phi) is 66.1. The summed E-state index contributed by atoms with van der Waals surface area (Å²) in [5, 5.41) is 0. The van der Waals surface area contributed by atoms with Gasteiger partial charge in [-0.25, -0.2) is 0 Å². The van der Waals surface area contributed by atoms with Gasteiger partial charge in [0.25, 0.3) is 0 Å². The van der Waals surface area contributed by atoms with Gasteiger partial charge in [0.15, 0.2) is 6.10 Å². The number of ether oxygens (including phenoxy) is 3. The van der Waals surface area contributed by atoms with Crippen LogP contribution in [0.15, 0.2) is 36.5 Å². The third kappa shape index (κ3) is 66.3. The highest BCUT2D eigenvalue weighted by molar-refractivity contribution is 5.71. The van der Waals surface area contributed by atoms with E-state index in [1.165, 1.54) is 270 Å². The summed E-state index contributed by atoms with van der Waals surface area (Å²) in [5.74, 6) is -0.860. The first-order chi connectivity index (χ1) is 39.0. The fourth-order valence-corrected chi connectivity index (χ4v) is 10.8. The van der Waals surface area contributed by atoms with Crippen LogP contribution in [-0.2, 0) is 28.6 Å². The minimum Gasteiger partial charge on any atom is -0.462 e. The molecule has 0 aliphatic carbocycles. The van der Waals surface area contributed by atoms with Crippen molar-refractivity contribution in [2.75, 3.05) is 13.2 Å². The number of carbonyl (C=O) groups is 3. The molecule has 0 saturated carbocycles. The molecule has 464 valence electrons. The fourth-order valence-electron chi connectivity index (χ4n) is 10.8. The van der Waals surface area contributed by atoms with E-state index in [2.05, 4.69) is 57.2 Å². The highest BCUT2D eigenvalue weighted by Gasteiger charge is 2.19. The van der Waals surface area contributed by atoms with E-state index in [0.717, 1.165) is 83.5 Å². The zero-order chi connectivity index (χ0) is 57.1. The van der Waals surface area contributed by atoms with Crippen molar-refractivity contribution >= 4 is 17.9 Å². The van der Waals surface area contributed by atoms with Crippen molar-refractivity contribution in [1.29, 1.82) is 0 Å². The first-order valence-corrected chi connectivity index (χ1v) is 35.5. The fraction of sp³-hybridized carbons (Fsp3) is 0.877. The molecule has 0 saturated heterocycles. The van der Waals surface area contributed by atoms with Crippen LogP contribution in [0.25, 0.3) is 0 Å². The predicted octanol–water partition coefficient (Wildman–Crippen LogP) is 24.3. The largest absolute Gasteiger partial charge is 0.462 e. The van der Waals surface area contributed by atoms with Gasteiger partial charge >= 0.3 is 17.9 Å². The molecule has 0 aromatic heterocycles. The summed E-state index contributed by atoms with van der Waals surface area (Å²) < 4.78 is 17.0. The summed E-state index contributed by atoms with van der Waals surface area (Å²) in [7, 11) is 0. The lowest BCUT2D eigenvalue weighted by atomic mass is 10.0. The predicted molar refractivity (Wildman–Crippen MR) is 344 cm³/mol. The van der Waals surface area contributed by atoms with Crippen molar-refractivity contribution in [2.45, 2.75) is 399 Å². The van der Waals surface area contributed by atoms with Crippen LogP contribution in [0.4, 0.5) is 0 Å². The summed E-state index contributed by atoms with van der Waals surface area (Å²) in [6.45, 7) is 6.64. The molecule has 0 aliphatic heterocycles. The number of esters is 3. The molecule has 0 aromatic carbocycles. The average Bonchev–Trinajstić information content (AvgIpc) is 3.45. The lowest BCUT2D eigenvalue weighted by molar-refractivity contribution is -0.167. The molecule has 0 amide bonds. The van der Waals surface area contributed by atoms with Crippen molar-refractivity contribution in [3.8, 4) is 0 Å². The Morgan fingerprint density at radius 3 is 0.759 bits per heavy atom. The number of rotatable bonds is 66. The molecule has 0 radical (unpaired) electrons. The van der Waals surface area contributed by atoms with E-state index in [9.17, 15) is 14.4 Å². The Hall–Kier alpha value is -2.37. The molecule has 6 nitrogen and oxygen atoms in total. The molecular formula is C73H136O6. The number of hydrogen-bond acceptors (Lipinski definition) is 6. The van der Waals surface area contributed by atoms with E-state index in [0.29, 0.717) is 19.3 Å². The zero-order valence-electron chi connectivity index (χ0n) is 53.4. The molecule has 79 heavy (non-hydrogen) atoms. The van der Waals surface area contributed by atoms with Gasteiger partial charge in [0.2, 0.25) is 0 Å². The van der Waals surface area contributed by atoms with Gasteiger partial charge in [-0.1, -0.05) is 340 Å². The summed E-state index contributed by atoms with van der Waals surface area (Å²) in [6.07, 6.45) is 84.7. The van der Waals surface area contributed by atoms with Crippen LogP contribution in [0.2, 0.25) is 0 Å². The number of carbonyl (C=O) groups excluding carboxylic acids is 3. The monoisotopic (exact) mass is 1110 g/mol. The summed E-state index contributed by atoms with van der Waals surface area (Å²) >= 11 is 0. The minimum atomic E-state index is -0.777. The smallest absolute Gasteiger partial charge is 0.306 e. The Morgan fingerprint density at radius 1 is 0.253 bits per heavy atom. The number of hydrogen-bond donors (Lipinski definition) is 0. The second-order valence-corrected chi connectivity index (χ2v) is 24.1. The molecule has 1 atom stereocenters. The van der Waals surface area contributed by atoms with Crippen molar-refractivity contribution in [3.63, 3.8) is 0 Å². The van der Waals surface area contributed by atoms with Crippen LogP contribution < -0.4 is 0 Å². The Labute approximate surface area is 493 Å². The van der Waals surface area contributed by atoms with Gasteiger partial charge in [0.05, 0.1) is 0 Å². The van der Waals surface area contributed by atoms with E-state index >= 15 is 0 Å². The maximum atomic E-state index is 12.9. The Balaban J connectivity index is 4.22. The topological polar surface area (TPSA) is 78.9 Å². The van der Waals surface area contributed by atoms with Crippen molar-refractivity contribution in [1.82, 2.24) is 0 Å². The zero-order valence-corrected chi connectivity index (χ0v) is 53.4. The van der Waals surface area contributed by atoms with Gasteiger partial charge < -0.3 is 14.2 Å². The third-order valence-corrected chi connectivity index (χ3v) is 16.1. The molecule has 0 aromatic rings. The van der Waals surface area contributed by atoms with Gasteiger partial charge in [-0.3, -0.25) is 14.4 Å². The van der Waals surface area contributed by atoms with E-state index in [1.807, 2.05) is 0 Å². The van der Waals surface area contributed by atoms with Crippen LogP contribution in [0.3, 0.4) is 0 Å². The molecule has 0 heterocycles. The quantitative estimate of drug-likeness (QED) is 0.0261. The molecular weight excluding hydrogens is 973 g/mol. The maximum Gasteiger partial charge on any atom is 0.306 e. The van der Waals surface area contributed by atoms with Gasteiger partial charge in [0.1, 0.15) is 13.2 Å². The molecule has 6 heteroatoms. The minimum absolute atomic E-state index is 0.0722. The highest BCUT2D eigenvalue weighted by atomic mass is 16.6. The first kappa shape index (κ1) is 76.6. The second-order valence-electron chi connectivity index (χ2n) is 24.1. The van der Waals surface area contributed by atoms with Gasteiger partial charge in [-0.05, 0) is 70.6 Å². The molecule has 0 bridgehead atoms. The lowest BCUT2D eigenvalue weighted by Crippen LogP contribution is -2.30. The first-order valence-electron chi connectivity index (χ1n) is 35.5. The van der Waals surface area contributed by atoms with Crippen LogP contribution in [0.1, 0.15) is 393 Å². The number of allylic oxidation sites excluding steroid dienone is 6. The molecule has 0 fully saturated rings. The van der Waals surface area contributed by atoms with Crippen molar-refractivity contribution in [3.05, 3.63) is 36.5 Å². The molecule has 1 unspecified atom stereocenters. The third-order valence-electron chi connectivity index (χ3n) is 16.1. The molecule has 0 rings (SSSR count). The Bertz CT molecular complexity index is 1320. The summed E-state index contributed by atoms with van der Waals surface area (Å²) in [5.41, 5.74) is 0. The normalized spacial score (nSPS) is 12.2. The van der Waals surface area contributed by atoms with Crippen LogP contribution >= 0.6 is 0 Å². The maximum absolute atomic E-state index is 12.9. The lowest BCUT2D eigenvalue weighted by Gasteiger charge is -2.18. The molecule has 0 N–H and O–H groups in total. The van der Waals surface area contributed by atoms with Crippen molar-refractivity contribution < 1.29 is 28.6 Å². The summed E-state index contributed by atoms with van der Waals surface area (Å²) in [4.78, 5) is 38.4. The molecule has 0 spiro atoms. The van der Waals surface area contributed by atoms with Crippen LogP contribution in [0.5, 0.6) is 0 Å². The van der Waals surface area contributed by atoms with E-state index in [4.69, 9.17) is 14.2 Å². The van der Waals surface area contributed by atoms with Crippen molar-refractivity contribution in [2.24, 2.45) is 0 Å². The van der Waals surface area contributed by atoms with Gasteiger partial charge in [0, 0.05) is 19.3 Å². The van der Waals surface area contributed by atoms with E-state index < -0.39 is 6.10 Å². The second kappa shape index (κ2) is 68.1.